The number of hydrogen-bond donors (Lipinski definition) is 4. The number of primary amides is 1. The van der Waals surface area contributed by atoms with E-state index < -0.39 is 23.8 Å². The molecule has 3 amide bonds. The highest BCUT2D eigenvalue weighted by Gasteiger charge is 2.36. The SMILES string of the molecule is COCCNC(=O)[C@@H](c1ccc(O)cc1)N(C(=O)c1snc(C(N)=O)c1N)c1cccc(C)c1. The average molecular weight is 484 g/mol. The molecule has 10 nitrogen and oxygen atoms in total. The Kier molecular flexibility index (Phi) is 7.82. The maximum Gasteiger partial charge on any atom is 0.273 e. The number of phenolic OH excluding ortho intramolecular Hbond substituents is 1. The third-order valence-electron chi connectivity index (χ3n) is 4.98. The van der Waals surface area contributed by atoms with Gasteiger partial charge in [0.15, 0.2) is 5.69 Å². The van der Waals surface area contributed by atoms with Gasteiger partial charge in [0.1, 0.15) is 16.7 Å². The highest BCUT2D eigenvalue weighted by molar-refractivity contribution is 7.09. The van der Waals surface area contributed by atoms with Crippen molar-refractivity contribution in [1.29, 1.82) is 0 Å². The number of benzene rings is 2. The highest BCUT2D eigenvalue weighted by atomic mass is 32.1. The minimum Gasteiger partial charge on any atom is -0.508 e. The minimum atomic E-state index is -1.13. The number of carbonyl (C=O) groups is 3. The number of rotatable bonds is 9. The van der Waals surface area contributed by atoms with Gasteiger partial charge in [-0.25, -0.2) is 0 Å². The number of aromatic nitrogens is 1. The van der Waals surface area contributed by atoms with Crippen molar-refractivity contribution in [1.82, 2.24) is 9.69 Å². The fourth-order valence-electron chi connectivity index (χ4n) is 3.35. The van der Waals surface area contributed by atoms with Gasteiger partial charge in [-0.1, -0.05) is 24.3 Å². The number of aryl methyl sites for hydroxylation is 1. The van der Waals surface area contributed by atoms with Crippen molar-refractivity contribution in [3.05, 3.63) is 70.2 Å². The first kappa shape index (κ1) is 24.7. The van der Waals surface area contributed by atoms with Gasteiger partial charge >= 0.3 is 0 Å². The Hall–Kier alpha value is -3.96. The van der Waals surface area contributed by atoms with Gasteiger partial charge in [-0.2, -0.15) is 4.37 Å². The summed E-state index contributed by atoms with van der Waals surface area (Å²) in [5.41, 5.74) is 12.7. The summed E-state index contributed by atoms with van der Waals surface area (Å²) < 4.78 is 8.94. The van der Waals surface area contributed by atoms with Crippen molar-refractivity contribution in [2.24, 2.45) is 5.73 Å². The molecular weight excluding hydrogens is 458 g/mol. The Bertz CT molecular complexity index is 1190. The summed E-state index contributed by atoms with van der Waals surface area (Å²) in [6, 6.07) is 11.9. The van der Waals surface area contributed by atoms with Gasteiger partial charge < -0.3 is 26.6 Å². The van der Waals surface area contributed by atoms with E-state index in [1.54, 1.807) is 30.3 Å². The summed E-state index contributed by atoms with van der Waals surface area (Å²) in [5.74, 6) is -1.96. The molecule has 1 heterocycles. The molecule has 0 spiro atoms. The lowest BCUT2D eigenvalue weighted by atomic mass is 10.0. The van der Waals surface area contributed by atoms with Crippen molar-refractivity contribution in [2.75, 3.05) is 30.9 Å². The van der Waals surface area contributed by atoms with Crippen molar-refractivity contribution in [3.8, 4) is 5.75 Å². The molecule has 0 aliphatic rings. The summed E-state index contributed by atoms with van der Waals surface area (Å²) in [7, 11) is 1.51. The fraction of sp³-hybridized carbons (Fsp3) is 0.217. The second kappa shape index (κ2) is 10.8. The lowest BCUT2D eigenvalue weighted by Crippen LogP contribution is -2.44. The number of amides is 3. The van der Waals surface area contributed by atoms with E-state index in [0.29, 0.717) is 11.3 Å². The Morgan fingerprint density at radius 2 is 1.91 bits per heavy atom. The predicted octanol–water partition coefficient (Wildman–Crippen LogP) is 1.99. The molecule has 0 radical (unpaired) electrons. The van der Waals surface area contributed by atoms with Crippen LogP contribution in [-0.4, -0.2) is 47.5 Å². The molecule has 11 heteroatoms. The number of hydrogen-bond acceptors (Lipinski definition) is 8. The van der Waals surface area contributed by atoms with E-state index in [9.17, 15) is 19.5 Å². The van der Waals surface area contributed by atoms with Crippen molar-refractivity contribution >= 4 is 40.6 Å². The minimum absolute atomic E-state index is 0.00789. The quantitative estimate of drug-likeness (QED) is 0.338. The van der Waals surface area contributed by atoms with E-state index in [1.807, 2.05) is 13.0 Å². The number of carbonyl (C=O) groups excluding carboxylic acids is 3. The number of nitrogens with two attached hydrogens (primary N) is 2. The van der Waals surface area contributed by atoms with Crippen LogP contribution in [0.2, 0.25) is 0 Å². The molecular formula is C23H25N5O5S. The van der Waals surface area contributed by atoms with Crippen LogP contribution in [0.3, 0.4) is 0 Å². The smallest absolute Gasteiger partial charge is 0.273 e. The average Bonchev–Trinajstić information content (AvgIpc) is 3.19. The number of phenols is 1. The number of nitrogens with one attached hydrogen (secondary N) is 1. The lowest BCUT2D eigenvalue weighted by Gasteiger charge is -2.31. The molecule has 0 bridgehead atoms. The summed E-state index contributed by atoms with van der Waals surface area (Å²) in [6.45, 7) is 2.34. The van der Waals surface area contributed by atoms with Crippen LogP contribution in [0, 0.1) is 6.92 Å². The molecule has 1 atom stereocenters. The fourth-order valence-corrected chi connectivity index (χ4v) is 4.09. The summed E-state index contributed by atoms with van der Waals surface area (Å²) in [5, 5.41) is 12.5. The molecule has 0 unspecified atom stereocenters. The molecule has 34 heavy (non-hydrogen) atoms. The predicted molar refractivity (Wildman–Crippen MR) is 129 cm³/mol. The first-order valence-corrected chi connectivity index (χ1v) is 11.0. The van der Waals surface area contributed by atoms with Gasteiger partial charge in [-0.3, -0.25) is 19.3 Å². The van der Waals surface area contributed by atoms with Gasteiger partial charge in [-0.05, 0) is 53.8 Å². The molecule has 3 rings (SSSR count). The number of aromatic hydroxyl groups is 1. The van der Waals surface area contributed by atoms with E-state index >= 15 is 0 Å². The summed E-state index contributed by atoms with van der Waals surface area (Å²) in [4.78, 5) is 40.1. The van der Waals surface area contributed by atoms with Crippen LogP contribution >= 0.6 is 11.5 Å². The number of nitrogens with zero attached hydrogens (tertiary/aromatic N) is 2. The molecule has 1 aromatic heterocycles. The Morgan fingerprint density at radius 3 is 2.50 bits per heavy atom. The van der Waals surface area contributed by atoms with Crippen LogP contribution < -0.4 is 21.7 Å². The molecule has 0 aliphatic heterocycles. The third-order valence-corrected chi connectivity index (χ3v) is 5.83. The van der Waals surface area contributed by atoms with Gasteiger partial charge in [0, 0.05) is 19.3 Å². The Morgan fingerprint density at radius 1 is 1.21 bits per heavy atom. The van der Waals surface area contributed by atoms with Gasteiger partial charge in [-0.15, -0.1) is 0 Å². The van der Waals surface area contributed by atoms with Crippen LogP contribution in [0.15, 0.2) is 48.5 Å². The van der Waals surface area contributed by atoms with E-state index in [4.69, 9.17) is 16.2 Å². The summed E-state index contributed by atoms with van der Waals surface area (Å²) in [6.07, 6.45) is 0. The zero-order valence-corrected chi connectivity index (χ0v) is 19.5. The van der Waals surface area contributed by atoms with Gasteiger partial charge in [0.05, 0.1) is 12.3 Å². The third kappa shape index (κ3) is 5.33. The summed E-state index contributed by atoms with van der Waals surface area (Å²) >= 11 is 0.729. The van der Waals surface area contributed by atoms with Crippen molar-refractivity contribution in [3.63, 3.8) is 0 Å². The van der Waals surface area contributed by atoms with Gasteiger partial charge in [0.25, 0.3) is 11.8 Å². The zero-order chi connectivity index (χ0) is 24.8. The van der Waals surface area contributed by atoms with Crippen molar-refractivity contribution < 1.29 is 24.2 Å². The number of ether oxygens (including phenoxy) is 1. The molecule has 0 aliphatic carbocycles. The van der Waals surface area contributed by atoms with Crippen LogP contribution in [-0.2, 0) is 9.53 Å². The number of anilines is 2. The van der Waals surface area contributed by atoms with Crippen LogP contribution in [0.25, 0.3) is 0 Å². The first-order valence-electron chi connectivity index (χ1n) is 10.2. The second-order valence-corrected chi connectivity index (χ2v) is 8.20. The number of methoxy groups -OCH3 is 1. The zero-order valence-electron chi connectivity index (χ0n) is 18.6. The normalized spacial score (nSPS) is 11.6. The molecule has 0 fully saturated rings. The molecule has 3 aromatic rings. The van der Waals surface area contributed by atoms with E-state index in [-0.39, 0.29) is 35.2 Å². The largest absolute Gasteiger partial charge is 0.508 e. The maximum atomic E-state index is 13.8. The number of nitrogen functional groups attached to an aromatic ring is 1. The Balaban J connectivity index is 2.17. The van der Waals surface area contributed by atoms with Crippen LogP contribution in [0.5, 0.6) is 5.75 Å². The van der Waals surface area contributed by atoms with Crippen LogP contribution in [0.4, 0.5) is 11.4 Å². The first-order chi connectivity index (χ1) is 16.2. The Labute approximate surface area is 200 Å². The van der Waals surface area contributed by atoms with Crippen molar-refractivity contribution in [2.45, 2.75) is 13.0 Å². The molecule has 2 aromatic carbocycles. The van der Waals surface area contributed by atoms with Gasteiger partial charge in [0.2, 0.25) is 5.91 Å². The van der Waals surface area contributed by atoms with E-state index in [0.717, 1.165) is 17.1 Å². The standard InChI is InChI=1S/C23H25N5O5S/c1-13-4-3-5-15(12-13)28(23(32)20-17(24)18(21(25)30)27-34-20)19(22(31)26-10-11-33-2)14-6-8-16(29)9-7-14/h3-9,12,19,29H,10-11,24H2,1-2H3,(H2,25,30)(H,26,31)/t19-/m1/s1. The lowest BCUT2D eigenvalue weighted by molar-refractivity contribution is -0.122. The molecule has 0 saturated heterocycles. The maximum absolute atomic E-state index is 13.8. The molecule has 178 valence electrons. The molecule has 0 saturated carbocycles. The monoisotopic (exact) mass is 483 g/mol. The molecule has 6 N–H and O–H groups in total. The topological polar surface area (TPSA) is 161 Å². The highest BCUT2D eigenvalue weighted by Crippen LogP contribution is 2.34. The van der Waals surface area contributed by atoms with E-state index in [2.05, 4.69) is 9.69 Å². The van der Waals surface area contributed by atoms with Crippen LogP contribution in [0.1, 0.15) is 37.3 Å². The second-order valence-electron chi connectivity index (χ2n) is 7.43. The van der Waals surface area contributed by atoms with E-state index in [1.165, 1.54) is 24.1 Å².